The second-order valence-electron chi connectivity index (χ2n) is 8.77. The van der Waals surface area contributed by atoms with Gasteiger partial charge in [0.1, 0.15) is 13.2 Å². The lowest BCUT2D eigenvalue weighted by Gasteiger charge is -2.18. The zero-order chi connectivity index (χ0) is 27.2. The van der Waals surface area contributed by atoms with Crippen LogP contribution in [0.4, 0.5) is 10.5 Å². The number of thioether (sulfide) groups is 1. The molecule has 2 aliphatic rings. The van der Waals surface area contributed by atoms with E-state index in [2.05, 4.69) is 6.58 Å². The van der Waals surface area contributed by atoms with Crippen molar-refractivity contribution in [3.63, 3.8) is 0 Å². The third-order valence-electron chi connectivity index (χ3n) is 6.19. The predicted octanol–water partition coefficient (Wildman–Crippen LogP) is 4.57. The van der Waals surface area contributed by atoms with Gasteiger partial charge < -0.3 is 14.4 Å². The van der Waals surface area contributed by atoms with Crippen molar-refractivity contribution < 1.29 is 28.8 Å². The number of nitro benzene ring substituents is 1. The van der Waals surface area contributed by atoms with Crippen LogP contribution in [0.25, 0.3) is 6.08 Å². The van der Waals surface area contributed by atoms with Gasteiger partial charge in [0.05, 0.1) is 16.9 Å². The van der Waals surface area contributed by atoms with Crippen molar-refractivity contribution in [3.8, 4) is 11.5 Å². The molecule has 198 valence electrons. The Hall–Kier alpha value is -4.12. The number of benzene rings is 2. The van der Waals surface area contributed by atoms with Crippen LogP contribution < -0.4 is 9.47 Å². The van der Waals surface area contributed by atoms with E-state index in [0.717, 1.165) is 40.6 Å². The highest BCUT2D eigenvalue weighted by Gasteiger charge is 2.37. The Morgan fingerprint density at radius 2 is 1.89 bits per heavy atom. The van der Waals surface area contributed by atoms with E-state index in [1.54, 1.807) is 35.3 Å². The molecule has 2 saturated heterocycles. The molecule has 10 nitrogen and oxygen atoms in total. The van der Waals surface area contributed by atoms with E-state index >= 15 is 0 Å². The number of hydrogen-bond donors (Lipinski definition) is 0. The Labute approximate surface area is 224 Å². The van der Waals surface area contributed by atoms with E-state index in [4.69, 9.17) is 9.47 Å². The lowest BCUT2D eigenvalue weighted by molar-refractivity contribution is -0.384. The maximum atomic E-state index is 13.0. The Kier molecular flexibility index (Phi) is 8.47. The van der Waals surface area contributed by atoms with Crippen LogP contribution in [0.1, 0.15) is 29.5 Å². The van der Waals surface area contributed by atoms with E-state index in [0.29, 0.717) is 36.6 Å². The Morgan fingerprint density at radius 3 is 2.53 bits per heavy atom. The summed E-state index contributed by atoms with van der Waals surface area (Å²) in [6.07, 6.45) is 5.60. The van der Waals surface area contributed by atoms with E-state index in [-0.39, 0.29) is 29.7 Å². The minimum atomic E-state index is -0.504. The smallest absolute Gasteiger partial charge is 0.294 e. The van der Waals surface area contributed by atoms with Crippen LogP contribution >= 0.6 is 11.8 Å². The van der Waals surface area contributed by atoms with Gasteiger partial charge in [0.2, 0.25) is 5.91 Å². The number of ether oxygens (including phenoxy) is 2. The number of non-ortho nitro benzene ring substituents is 1. The van der Waals surface area contributed by atoms with Gasteiger partial charge in [0.25, 0.3) is 16.8 Å². The van der Waals surface area contributed by atoms with Crippen LogP contribution in [0.3, 0.4) is 0 Å². The van der Waals surface area contributed by atoms with Crippen LogP contribution in [0, 0.1) is 10.1 Å². The summed E-state index contributed by atoms with van der Waals surface area (Å²) in [6, 6.07) is 9.58. The molecule has 0 aromatic heterocycles. The summed E-state index contributed by atoms with van der Waals surface area (Å²) in [5.41, 5.74) is 2.10. The van der Waals surface area contributed by atoms with Gasteiger partial charge in [-0.15, -0.1) is 6.58 Å². The largest absolute Gasteiger partial charge is 0.493 e. The fourth-order valence-corrected chi connectivity index (χ4v) is 5.09. The first-order valence-electron chi connectivity index (χ1n) is 12.0. The number of amides is 3. The van der Waals surface area contributed by atoms with Gasteiger partial charge in [-0.25, -0.2) is 0 Å². The highest BCUT2D eigenvalue weighted by atomic mass is 32.2. The summed E-state index contributed by atoms with van der Waals surface area (Å²) in [6.45, 7) is 4.99. The summed E-state index contributed by atoms with van der Waals surface area (Å²) >= 11 is 0.796. The monoisotopic (exact) mass is 537 g/mol. The number of rotatable bonds is 10. The van der Waals surface area contributed by atoms with Crippen molar-refractivity contribution in [2.75, 3.05) is 26.7 Å². The quantitative estimate of drug-likeness (QED) is 0.187. The Bertz CT molecular complexity index is 1300. The number of imide groups is 1. The van der Waals surface area contributed by atoms with Crippen LogP contribution in [0.2, 0.25) is 0 Å². The Balaban J connectivity index is 1.54. The number of nitrogens with zero attached hydrogens (tertiary/aromatic N) is 3. The van der Waals surface area contributed by atoms with Crippen molar-refractivity contribution in [2.24, 2.45) is 0 Å². The number of nitro groups is 1. The second-order valence-corrected chi connectivity index (χ2v) is 9.77. The molecule has 2 aromatic carbocycles. The SMILES string of the molecule is C=CCc1cc(/C=C2/SC(=O)N(CC(=O)N3CCCC3)C2=O)cc(OC)c1OCc1ccc([N+](=O)[O-])cc1. The number of hydrogen-bond acceptors (Lipinski definition) is 8. The van der Waals surface area contributed by atoms with E-state index in [1.807, 2.05) is 6.07 Å². The van der Waals surface area contributed by atoms with Crippen molar-refractivity contribution in [1.82, 2.24) is 9.80 Å². The zero-order valence-corrected chi connectivity index (χ0v) is 21.7. The fourth-order valence-electron chi connectivity index (χ4n) is 4.25. The average molecular weight is 538 g/mol. The Morgan fingerprint density at radius 1 is 1.18 bits per heavy atom. The molecule has 11 heteroatoms. The molecular formula is C27H27N3O7S. The highest BCUT2D eigenvalue weighted by Crippen LogP contribution is 2.37. The highest BCUT2D eigenvalue weighted by molar-refractivity contribution is 8.18. The molecule has 3 amide bonds. The third kappa shape index (κ3) is 6.05. The standard InChI is InChI=1S/C27H27N3O7S/c1-3-6-20-13-19(14-22(36-2)25(20)37-17-18-7-9-21(10-8-18)30(34)35)15-23-26(32)29(27(33)38-23)16-24(31)28-11-4-5-12-28/h3,7-10,13-15H,1,4-6,11-12,16-17H2,2H3/b23-15+. The number of carbonyl (C=O) groups excluding carboxylic acids is 3. The number of allylic oxidation sites excluding steroid dienone is 1. The average Bonchev–Trinajstić information content (AvgIpc) is 3.53. The molecule has 2 fully saturated rings. The van der Waals surface area contributed by atoms with Crippen LogP contribution in [-0.2, 0) is 22.6 Å². The van der Waals surface area contributed by atoms with Gasteiger partial charge in [-0.3, -0.25) is 29.4 Å². The molecular weight excluding hydrogens is 510 g/mol. The van der Waals surface area contributed by atoms with Gasteiger partial charge in [0, 0.05) is 30.8 Å². The number of methoxy groups -OCH3 is 1. The summed E-state index contributed by atoms with van der Waals surface area (Å²) in [5, 5.41) is 10.4. The first kappa shape index (κ1) is 26.9. The van der Waals surface area contributed by atoms with Gasteiger partial charge in [0.15, 0.2) is 11.5 Å². The molecule has 2 heterocycles. The summed E-state index contributed by atoms with van der Waals surface area (Å²) in [7, 11) is 1.49. The fraction of sp³-hybridized carbons (Fsp3) is 0.296. The summed E-state index contributed by atoms with van der Waals surface area (Å²) in [4.78, 5) is 51.3. The van der Waals surface area contributed by atoms with Gasteiger partial charge in [-0.2, -0.15) is 0 Å². The van der Waals surface area contributed by atoms with Gasteiger partial charge in [-0.1, -0.05) is 6.08 Å². The maximum absolute atomic E-state index is 13.0. The zero-order valence-electron chi connectivity index (χ0n) is 20.9. The maximum Gasteiger partial charge on any atom is 0.294 e. The van der Waals surface area contributed by atoms with Crippen molar-refractivity contribution >= 4 is 40.6 Å². The minimum Gasteiger partial charge on any atom is -0.493 e. The molecule has 4 rings (SSSR count). The molecule has 0 aliphatic carbocycles. The molecule has 0 atom stereocenters. The second kappa shape index (κ2) is 12.0. The molecule has 0 N–H and O–H groups in total. The normalized spacial score (nSPS) is 16.3. The van der Waals surface area contributed by atoms with Crippen molar-refractivity contribution in [1.29, 1.82) is 0 Å². The lowest BCUT2D eigenvalue weighted by atomic mass is 10.0. The third-order valence-corrected chi connectivity index (χ3v) is 7.10. The molecule has 0 unspecified atom stereocenters. The van der Waals surface area contributed by atoms with E-state index in [1.165, 1.54) is 19.2 Å². The van der Waals surface area contributed by atoms with E-state index < -0.39 is 16.1 Å². The predicted molar refractivity (Wildman–Crippen MR) is 143 cm³/mol. The molecule has 2 aliphatic heterocycles. The van der Waals surface area contributed by atoms with E-state index in [9.17, 15) is 24.5 Å². The summed E-state index contributed by atoms with van der Waals surface area (Å²) < 4.78 is 11.6. The molecule has 0 saturated carbocycles. The molecule has 0 bridgehead atoms. The van der Waals surface area contributed by atoms with Gasteiger partial charge in [-0.05, 0) is 72.5 Å². The molecule has 2 aromatic rings. The first-order chi connectivity index (χ1) is 18.3. The van der Waals surface area contributed by atoms with Crippen LogP contribution in [0.5, 0.6) is 11.5 Å². The number of likely N-dealkylation sites (tertiary alicyclic amines) is 1. The molecule has 38 heavy (non-hydrogen) atoms. The topological polar surface area (TPSA) is 119 Å². The van der Waals surface area contributed by atoms with Gasteiger partial charge >= 0.3 is 0 Å². The molecule has 0 radical (unpaired) electrons. The number of carbonyl (C=O) groups is 3. The summed E-state index contributed by atoms with van der Waals surface area (Å²) in [5.74, 6) is 0.166. The van der Waals surface area contributed by atoms with Crippen molar-refractivity contribution in [3.05, 3.63) is 80.8 Å². The molecule has 0 spiro atoms. The van der Waals surface area contributed by atoms with Crippen LogP contribution in [0.15, 0.2) is 54.0 Å². The first-order valence-corrected chi connectivity index (χ1v) is 12.8. The minimum absolute atomic E-state index is 0.00662. The van der Waals surface area contributed by atoms with Crippen molar-refractivity contribution in [2.45, 2.75) is 25.9 Å². The lowest BCUT2D eigenvalue weighted by Crippen LogP contribution is -2.40. The van der Waals surface area contributed by atoms with Crippen LogP contribution in [-0.4, -0.2) is 58.5 Å².